The van der Waals surface area contributed by atoms with Crippen molar-refractivity contribution in [2.75, 3.05) is 13.6 Å². The molecule has 1 atom stereocenters. The quantitative estimate of drug-likeness (QED) is 0.914. The second-order valence-electron chi connectivity index (χ2n) is 5.73. The summed E-state index contributed by atoms with van der Waals surface area (Å²) in [6.45, 7) is 2.84. The minimum atomic E-state index is -0.157. The van der Waals surface area contributed by atoms with Crippen molar-refractivity contribution < 1.29 is 9.59 Å². The third-order valence-corrected chi connectivity index (χ3v) is 3.99. The van der Waals surface area contributed by atoms with Crippen LogP contribution >= 0.6 is 0 Å². The third kappa shape index (κ3) is 3.08. The molecule has 7 heteroatoms. The number of fused-ring (bicyclic) bond motifs is 1. The Bertz CT molecular complexity index is 740. The zero-order chi connectivity index (χ0) is 16.4. The van der Waals surface area contributed by atoms with Crippen LogP contribution in [0.4, 0.5) is 0 Å². The SMILES string of the molecule is CNC(=O)C[C@@H]1CN(C(=O)c2cncc(C)c2)Cc2ccnn21. The number of nitrogens with zero attached hydrogens (tertiary/aromatic N) is 4. The van der Waals surface area contributed by atoms with E-state index in [9.17, 15) is 9.59 Å². The van der Waals surface area contributed by atoms with E-state index in [1.807, 2.05) is 23.7 Å². The molecule has 0 aromatic carbocycles. The molecule has 0 spiro atoms. The van der Waals surface area contributed by atoms with Crippen molar-refractivity contribution in [2.45, 2.75) is 25.9 Å². The van der Waals surface area contributed by atoms with Gasteiger partial charge in [0.1, 0.15) is 0 Å². The molecule has 1 N–H and O–H groups in total. The third-order valence-electron chi connectivity index (χ3n) is 3.99. The number of carbonyl (C=O) groups is 2. The van der Waals surface area contributed by atoms with Gasteiger partial charge < -0.3 is 10.2 Å². The summed E-state index contributed by atoms with van der Waals surface area (Å²) in [5.41, 5.74) is 2.44. The van der Waals surface area contributed by atoms with Crippen LogP contribution in [0.5, 0.6) is 0 Å². The molecule has 2 aromatic heterocycles. The predicted molar refractivity (Wildman–Crippen MR) is 83.7 cm³/mol. The average Bonchev–Trinajstić information content (AvgIpc) is 3.02. The molecular weight excluding hydrogens is 294 g/mol. The van der Waals surface area contributed by atoms with Crippen LogP contribution in [0.15, 0.2) is 30.7 Å². The van der Waals surface area contributed by atoms with Gasteiger partial charge in [-0.15, -0.1) is 0 Å². The molecule has 7 nitrogen and oxygen atoms in total. The number of aryl methyl sites for hydroxylation is 1. The van der Waals surface area contributed by atoms with Gasteiger partial charge in [-0.1, -0.05) is 0 Å². The lowest BCUT2D eigenvalue weighted by Crippen LogP contribution is -2.42. The molecule has 1 aliphatic rings. The first kappa shape index (κ1) is 15.2. The Morgan fingerprint density at radius 2 is 2.22 bits per heavy atom. The predicted octanol–water partition coefficient (Wildman–Crippen LogP) is 0.920. The van der Waals surface area contributed by atoms with E-state index in [0.29, 0.717) is 25.1 Å². The lowest BCUT2D eigenvalue weighted by atomic mass is 10.1. The second-order valence-corrected chi connectivity index (χ2v) is 5.73. The highest BCUT2D eigenvalue weighted by molar-refractivity contribution is 5.94. The second kappa shape index (κ2) is 6.20. The van der Waals surface area contributed by atoms with Crippen molar-refractivity contribution in [3.05, 3.63) is 47.5 Å². The molecule has 2 amide bonds. The highest BCUT2D eigenvalue weighted by Gasteiger charge is 2.30. The molecule has 1 aliphatic heterocycles. The van der Waals surface area contributed by atoms with E-state index < -0.39 is 0 Å². The summed E-state index contributed by atoms with van der Waals surface area (Å²) in [5, 5.41) is 6.92. The zero-order valence-corrected chi connectivity index (χ0v) is 13.2. The smallest absolute Gasteiger partial charge is 0.255 e. The van der Waals surface area contributed by atoms with Gasteiger partial charge in [0.15, 0.2) is 0 Å². The number of carbonyl (C=O) groups excluding carboxylic acids is 2. The van der Waals surface area contributed by atoms with Crippen molar-refractivity contribution >= 4 is 11.8 Å². The van der Waals surface area contributed by atoms with Crippen LogP contribution in [-0.2, 0) is 11.3 Å². The maximum Gasteiger partial charge on any atom is 0.255 e. The summed E-state index contributed by atoms with van der Waals surface area (Å²) in [5.74, 6) is -0.140. The maximum absolute atomic E-state index is 12.7. The van der Waals surface area contributed by atoms with E-state index in [1.165, 1.54) is 0 Å². The highest BCUT2D eigenvalue weighted by atomic mass is 16.2. The fourth-order valence-electron chi connectivity index (χ4n) is 2.86. The van der Waals surface area contributed by atoms with Crippen LogP contribution in [0, 0.1) is 6.92 Å². The summed E-state index contributed by atoms with van der Waals surface area (Å²) in [6.07, 6.45) is 5.29. The molecular formula is C16H19N5O2. The van der Waals surface area contributed by atoms with Crippen LogP contribution in [-0.4, -0.2) is 45.1 Å². The van der Waals surface area contributed by atoms with E-state index in [2.05, 4.69) is 15.4 Å². The van der Waals surface area contributed by atoms with E-state index in [0.717, 1.165) is 11.3 Å². The van der Waals surface area contributed by atoms with Gasteiger partial charge in [0.2, 0.25) is 5.91 Å². The number of aromatic nitrogens is 3. The first-order valence-electron chi connectivity index (χ1n) is 7.52. The number of hydrogen-bond donors (Lipinski definition) is 1. The maximum atomic E-state index is 12.7. The molecule has 0 radical (unpaired) electrons. The summed E-state index contributed by atoms with van der Waals surface area (Å²) in [7, 11) is 1.61. The van der Waals surface area contributed by atoms with Gasteiger partial charge in [0.05, 0.1) is 30.3 Å². The fraction of sp³-hybridized carbons (Fsp3) is 0.375. The van der Waals surface area contributed by atoms with E-state index >= 15 is 0 Å². The Hall–Kier alpha value is -2.70. The topological polar surface area (TPSA) is 80.1 Å². The molecule has 0 saturated heterocycles. The molecule has 3 heterocycles. The first-order valence-corrected chi connectivity index (χ1v) is 7.52. The molecule has 0 fully saturated rings. The van der Waals surface area contributed by atoms with Gasteiger partial charge in [0.25, 0.3) is 5.91 Å². The Kier molecular flexibility index (Phi) is 4.10. The molecule has 2 aromatic rings. The molecule has 120 valence electrons. The van der Waals surface area contributed by atoms with E-state index in [-0.39, 0.29) is 17.9 Å². The number of rotatable bonds is 3. The number of hydrogen-bond acceptors (Lipinski definition) is 4. The van der Waals surface area contributed by atoms with Gasteiger partial charge in [0, 0.05) is 32.2 Å². The summed E-state index contributed by atoms with van der Waals surface area (Å²) in [6, 6.07) is 3.55. The standard InChI is InChI=1S/C16H19N5O2/c1-11-5-12(8-18-7-11)16(23)20-9-13-3-4-19-21(13)14(10-20)6-15(22)17-2/h3-5,7-8,14H,6,9-10H2,1-2H3,(H,17,22)/t14-/m1/s1. The normalized spacial score (nSPS) is 16.8. The van der Waals surface area contributed by atoms with Gasteiger partial charge in [-0.2, -0.15) is 5.10 Å². The van der Waals surface area contributed by atoms with Crippen LogP contribution < -0.4 is 5.32 Å². The molecule has 0 unspecified atom stereocenters. The molecule has 0 aliphatic carbocycles. The Morgan fingerprint density at radius 1 is 1.39 bits per heavy atom. The van der Waals surface area contributed by atoms with Crippen LogP contribution in [0.1, 0.15) is 34.1 Å². The van der Waals surface area contributed by atoms with E-state index in [4.69, 9.17) is 0 Å². The van der Waals surface area contributed by atoms with Crippen molar-refractivity contribution in [1.29, 1.82) is 0 Å². The van der Waals surface area contributed by atoms with Crippen LogP contribution in [0.2, 0.25) is 0 Å². The minimum absolute atomic E-state index is 0.0667. The number of amides is 2. The molecule has 0 saturated carbocycles. The first-order chi connectivity index (χ1) is 11.1. The van der Waals surface area contributed by atoms with Gasteiger partial charge >= 0.3 is 0 Å². The lowest BCUT2D eigenvalue weighted by Gasteiger charge is -2.33. The Morgan fingerprint density at radius 3 is 2.96 bits per heavy atom. The van der Waals surface area contributed by atoms with Crippen LogP contribution in [0.25, 0.3) is 0 Å². The number of nitrogens with one attached hydrogen (secondary N) is 1. The minimum Gasteiger partial charge on any atom is -0.359 e. The summed E-state index contributed by atoms with van der Waals surface area (Å²) in [4.78, 5) is 30.3. The van der Waals surface area contributed by atoms with Gasteiger partial charge in [-0.25, -0.2) is 0 Å². The molecule has 3 rings (SSSR count). The number of pyridine rings is 1. The van der Waals surface area contributed by atoms with Gasteiger partial charge in [-0.3, -0.25) is 19.3 Å². The van der Waals surface area contributed by atoms with Gasteiger partial charge in [-0.05, 0) is 24.6 Å². The van der Waals surface area contributed by atoms with Crippen molar-refractivity contribution in [3.8, 4) is 0 Å². The van der Waals surface area contributed by atoms with Crippen molar-refractivity contribution in [2.24, 2.45) is 0 Å². The zero-order valence-electron chi connectivity index (χ0n) is 13.2. The average molecular weight is 313 g/mol. The molecule has 23 heavy (non-hydrogen) atoms. The summed E-state index contributed by atoms with van der Waals surface area (Å²) >= 11 is 0. The van der Waals surface area contributed by atoms with Crippen molar-refractivity contribution in [3.63, 3.8) is 0 Å². The largest absolute Gasteiger partial charge is 0.359 e. The Labute approximate surface area is 134 Å². The monoisotopic (exact) mass is 313 g/mol. The van der Waals surface area contributed by atoms with Crippen molar-refractivity contribution in [1.82, 2.24) is 25.0 Å². The highest BCUT2D eigenvalue weighted by Crippen LogP contribution is 2.24. The summed E-state index contributed by atoms with van der Waals surface area (Å²) < 4.78 is 1.84. The van der Waals surface area contributed by atoms with Crippen LogP contribution in [0.3, 0.4) is 0 Å². The fourth-order valence-corrected chi connectivity index (χ4v) is 2.86. The Balaban J connectivity index is 1.85. The van der Waals surface area contributed by atoms with E-state index in [1.54, 1.807) is 30.5 Å². The molecule has 0 bridgehead atoms. The lowest BCUT2D eigenvalue weighted by molar-refractivity contribution is -0.121.